The molecule has 330 valence electrons. The van der Waals surface area contributed by atoms with Gasteiger partial charge in [-0.05, 0) is 81.7 Å². The molecule has 4 N–H and O–H groups in total. The van der Waals surface area contributed by atoms with E-state index in [1.54, 1.807) is 42.3 Å². The van der Waals surface area contributed by atoms with Gasteiger partial charge in [0.15, 0.2) is 11.6 Å². The van der Waals surface area contributed by atoms with E-state index in [0.717, 1.165) is 41.7 Å². The maximum atomic E-state index is 13.5. The van der Waals surface area contributed by atoms with Gasteiger partial charge in [0.25, 0.3) is 11.8 Å². The lowest BCUT2D eigenvalue weighted by Gasteiger charge is -2.39. The summed E-state index contributed by atoms with van der Waals surface area (Å²) in [6.07, 6.45) is 10.5. The third-order valence-electron chi connectivity index (χ3n) is 13.3. The highest BCUT2D eigenvalue weighted by molar-refractivity contribution is 6.06. The first kappa shape index (κ1) is 41.7. The van der Waals surface area contributed by atoms with Crippen molar-refractivity contribution in [2.75, 3.05) is 48.8 Å². The van der Waals surface area contributed by atoms with E-state index >= 15 is 0 Å². The van der Waals surface area contributed by atoms with Crippen LogP contribution in [0, 0.1) is 12.8 Å². The molecule has 2 aromatic heterocycles. The van der Waals surface area contributed by atoms with Crippen LogP contribution in [0.1, 0.15) is 115 Å². The lowest BCUT2D eigenvalue weighted by Crippen LogP contribution is -2.52. The Balaban J connectivity index is 0.803. The third kappa shape index (κ3) is 8.25. The zero-order chi connectivity index (χ0) is 43.8. The van der Waals surface area contributed by atoms with Gasteiger partial charge in [-0.3, -0.25) is 33.9 Å². The molecular weight excluding hydrogens is 805 g/mol. The Bertz CT molecular complexity index is 2440. The number of nitrogens with zero attached hydrogens (tertiary/aromatic N) is 8. The summed E-state index contributed by atoms with van der Waals surface area (Å²) in [4.78, 5) is 79.7. The summed E-state index contributed by atoms with van der Waals surface area (Å²) in [6.45, 7) is 6.21. The minimum Gasteiger partial charge on any atom is -0.495 e. The summed E-state index contributed by atoms with van der Waals surface area (Å²) in [5.74, 6) is 2.61. The number of piperidine rings is 2. The molecule has 0 radical (unpaired) electrons. The van der Waals surface area contributed by atoms with Gasteiger partial charge in [0.1, 0.15) is 23.3 Å². The van der Waals surface area contributed by atoms with Crippen LogP contribution in [0.15, 0.2) is 42.6 Å². The average Bonchev–Trinajstić information content (AvgIpc) is 3.85. The second-order valence-electron chi connectivity index (χ2n) is 17.2. The number of ether oxygens (including phenoxy) is 1. The fraction of sp³-hybridized carbons (Fsp3) is 0.489. The summed E-state index contributed by atoms with van der Waals surface area (Å²) in [5, 5.41) is 21.0. The number of aryl methyl sites for hydroxylation is 1. The van der Waals surface area contributed by atoms with Crippen molar-refractivity contribution in [3.63, 3.8) is 0 Å². The normalized spacial score (nSPS) is 20.2. The van der Waals surface area contributed by atoms with Gasteiger partial charge in [-0.15, -0.1) is 10.2 Å². The molecule has 0 spiro atoms. The van der Waals surface area contributed by atoms with E-state index in [1.807, 2.05) is 19.2 Å². The first-order valence-corrected chi connectivity index (χ1v) is 22.2. The highest BCUT2D eigenvalue weighted by atomic mass is 16.5. The molecule has 2 atom stereocenters. The van der Waals surface area contributed by atoms with Crippen molar-refractivity contribution in [1.29, 1.82) is 0 Å². The topological polar surface area (TPSA) is 209 Å². The number of nitrogens with one attached hydrogen (secondary N) is 4. The number of fused-ring (bicyclic) bond motifs is 4. The van der Waals surface area contributed by atoms with Crippen molar-refractivity contribution in [3.8, 4) is 11.4 Å². The van der Waals surface area contributed by atoms with Crippen LogP contribution in [0.3, 0.4) is 0 Å². The second kappa shape index (κ2) is 17.6. The highest BCUT2D eigenvalue weighted by Crippen LogP contribution is 2.41. The molecule has 2 unspecified atom stereocenters. The molecule has 18 nitrogen and oxygen atoms in total. The minimum absolute atomic E-state index is 0.0252. The van der Waals surface area contributed by atoms with Crippen molar-refractivity contribution in [3.05, 3.63) is 70.9 Å². The van der Waals surface area contributed by atoms with Crippen molar-refractivity contribution >= 4 is 52.7 Å². The molecule has 2 saturated heterocycles. The number of hydrogen-bond acceptors (Lipinski definition) is 13. The predicted octanol–water partition coefficient (Wildman–Crippen LogP) is 4.56. The molecule has 1 saturated carbocycles. The largest absolute Gasteiger partial charge is 0.495 e. The lowest BCUT2D eigenvalue weighted by atomic mass is 9.88. The monoisotopic (exact) mass is 858 g/mol. The molecule has 9 rings (SSSR count). The Kier molecular flexibility index (Phi) is 11.7. The SMILES string of the molecule is CCC1c2nnc(C)n2-c2cnc(Nc3ccc(C(=O)NC4CCN(C(=O)CNc5cccc6c5CN(C5CCC(=O)NC5=O)C6=O)CC4)cc3OC)nc2N1CC1CCCCC1. The Hall–Kier alpha value is -6.59. The summed E-state index contributed by atoms with van der Waals surface area (Å²) < 4.78 is 7.83. The van der Waals surface area contributed by atoms with Gasteiger partial charge in [-0.2, -0.15) is 4.98 Å². The lowest BCUT2D eigenvalue weighted by molar-refractivity contribution is -0.137. The molecule has 6 heterocycles. The van der Waals surface area contributed by atoms with E-state index in [0.29, 0.717) is 66.0 Å². The van der Waals surface area contributed by atoms with Crippen molar-refractivity contribution in [2.45, 2.75) is 103 Å². The molecule has 18 heteroatoms. The smallest absolute Gasteiger partial charge is 0.255 e. The Morgan fingerprint density at radius 1 is 0.968 bits per heavy atom. The fourth-order valence-electron chi connectivity index (χ4n) is 9.87. The number of methoxy groups -OCH3 is 1. The number of rotatable bonds is 12. The summed E-state index contributed by atoms with van der Waals surface area (Å²) in [7, 11) is 1.56. The van der Waals surface area contributed by atoms with Gasteiger partial charge in [-0.25, -0.2) is 4.98 Å². The van der Waals surface area contributed by atoms with Gasteiger partial charge in [0, 0.05) is 61.0 Å². The predicted molar refractivity (Wildman–Crippen MR) is 233 cm³/mol. The summed E-state index contributed by atoms with van der Waals surface area (Å²) in [5.41, 5.74) is 3.77. The van der Waals surface area contributed by atoms with Gasteiger partial charge < -0.3 is 35.4 Å². The van der Waals surface area contributed by atoms with Crippen molar-refractivity contribution in [2.24, 2.45) is 5.92 Å². The van der Waals surface area contributed by atoms with Gasteiger partial charge in [0.2, 0.25) is 23.7 Å². The fourth-order valence-corrected chi connectivity index (χ4v) is 9.87. The van der Waals surface area contributed by atoms with Crippen LogP contribution < -0.4 is 30.9 Å². The number of likely N-dealkylation sites (tertiary alicyclic amines) is 1. The number of anilines is 4. The van der Waals surface area contributed by atoms with E-state index in [2.05, 4.69) is 47.9 Å². The molecule has 5 amide bonds. The van der Waals surface area contributed by atoms with Crippen LogP contribution in [0.5, 0.6) is 5.75 Å². The molecule has 0 bridgehead atoms. The quantitative estimate of drug-likeness (QED) is 0.144. The zero-order valence-electron chi connectivity index (χ0n) is 36.0. The van der Waals surface area contributed by atoms with Gasteiger partial charge in [0.05, 0.1) is 31.6 Å². The van der Waals surface area contributed by atoms with E-state index < -0.39 is 11.9 Å². The molecular formula is C45H54N12O6. The number of amides is 5. The average molecular weight is 859 g/mol. The maximum absolute atomic E-state index is 13.5. The standard InChI is InChI=1S/C45H54N12O6/c1-4-34-41-53-52-26(2)57(41)36-22-47-45(51-40(36)55(34)24-27-9-6-5-7-10-27)49-33-14-13-28(21-37(33)63-3)42(60)48-29-17-19-54(20-18-29)39(59)23-46-32-12-8-11-30-31(32)25-56(44(30)62)35-15-16-38(58)50-43(35)61/h8,11-14,21-22,27,29,34-35,46H,4-7,9-10,15-20,23-25H2,1-3H3,(H,48,60)(H,47,49,51)(H,50,58,61). The van der Waals surface area contributed by atoms with Crippen LogP contribution in [0.4, 0.5) is 23.1 Å². The van der Waals surface area contributed by atoms with Crippen molar-refractivity contribution < 1.29 is 28.7 Å². The number of imide groups is 1. The Morgan fingerprint density at radius 3 is 2.54 bits per heavy atom. The molecule has 4 aliphatic heterocycles. The first-order valence-electron chi connectivity index (χ1n) is 22.2. The van der Waals surface area contributed by atoms with E-state index in [4.69, 9.17) is 14.7 Å². The molecule has 5 aliphatic rings. The number of aromatic nitrogens is 5. The maximum Gasteiger partial charge on any atom is 0.255 e. The van der Waals surface area contributed by atoms with Crippen LogP contribution in [-0.2, 0) is 20.9 Å². The van der Waals surface area contributed by atoms with Crippen LogP contribution in [0.25, 0.3) is 5.69 Å². The van der Waals surface area contributed by atoms with Gasteiger partial charge in [-0.1, -0.05) is 32.3 Å². The minimum atomic E-state index is -0.717. The summed E-state index contributed by atoms with van der Waals surface area (Å²) in [6, 6.07) is 9.72. The number of hydrogen-bond donors (Lipinski definition) is 4. The van der Waals surface area contributed by atoms with Crippen LogP contribution in [-0.4, -0.2) is 109 Å². The number of benzene rings is 2. The third-order valence-corrected chi connectivity index (χ3v) is 13.3. The second-order valence-corrected chi connectivity index (χ2v) is 17.2. The Morgan fingerprint density at radius 2 is 1.78 bits per heavy atom. The van der Waals surface area contributed by atoms with Crippen LogP contribution >= 0.6 is 0 Å². The van der Waals surface area contributed by atoms with Crippen LogP contribution in [0.2, 0.25) is 0 Å². The molecule has 4 aromatic rings. The highest BCUT2D eigenvalue weighted by Gasteiger charge is 2.40. The van der Waals surface area contributed by atoms with E-state index in [-0.39, 0.29) is 61.6 Å². The molecule has 3 fully saturated rings. The molecule has 1 aliphatic carbocycles. The Labute approximate surface area is 365 Å². The first-order chi connectivity index (χ1) is 30.6. The van der Waals surface area contributed by atoms with E-state index in [1.165, 1.54) is 37.0 Å². The molecule has 2 aromatic carbocycles. The summed E-state index contributed by atoms with van der Waals surface area (Å²) >= 11 is 0. The van der Waals surface area contributed by atoms with Crippen molar-refractivity contribution in [1.82, 2.24) is 45.2 Å². The zero-order valence-corrected chi connectivity index (χ0v) is 36.0. The van der Waals surface area contributed by atoms with E-state index in [9.17, 15) is 24.0 Å². The van der Waals surface area contributed by atoms with Gasteiger partial charge >= 0.3 is 0 Å². The number of carbonyl (C=O) groups excluding carboxylic acids is 5. The molecule has 63 heavy (non-hydrogen) atoms. The number of carbonyl (C=O) groups is 5.